The van der Waals surface area contributed by atoms with Gasteiger partial charge in [-0.3, -0.25) is 0 Å². The lowest BCUT2D eigenvalue weighted by molar-refractivity contribution is -0.137. The van der Waals surface area contributed by atoms with E-state index in [2.05, 4.69) is 218 Å². The Morgan fingerprint density at radius 3 is 1.15 bits per heavy atom. The summed E-state index contributed by atoms with van der Waals surface area (Å²) in [5.74, 6) is 0. The van der Waals surface area contributed by atoms with Gasteiger partial charge in [-0.05, 0) is 186 Å². The van der Waals surface area contributed by atoms with Crippen molar-refractivity contribution in [2.45, 2.75) is 40.8 Å². The molecule has 380 valence electrons. The molecule has 0 unspecified atom stereocenters. The molecule has 2 aromatic heterocycles. The Morgan fingerprint density at radius 1 is 0.354 bits per heavy atom. The van der Waals surface area contributed by atoms with E-state index in [0.29, 0.717) is 27.9 Å². The molecule has 0 N–H and O–H groups in total. The Labute approximate surface area is 457 Å². The summed E-state index contributed by atoms with van der Waals surface area (Å²) < 4.78 is 50.0. The Hall–Kier alpha value is -9.70. The molecule has 11 aromatic carbocycles. The Morgan fingerprint density at radius 2 is 0.747 bits per heavy atom. The third kappa shape index (κ3) is 8.65. The van der Waals surface area contributed by atoms with Crippen LogP contribution in [-0.4, -0.2) is 9.13 Å². The van der Waals surface area contributed by atoms with E-state index >= 15 is 13.2 Å². The monoisotopic (exact) mass is 1030 g/mol. The summed E-state index contributed by atoms with van der Waals surface area (Å²) in [7, 11) is 0. The molecule has 0 aliphatic carbocycles. The van der Waals surface area contributed by atoms with Gasteiger partial charge in [0.15, 0.2) is 5.69 Å². The molecule has 79 heavy (non-hydrogen) atoms. The Kier molecular flexibility index (Phi) is 11.8. The van der Waals surface area contributed by atoms with Gasteiger partial charge in [-0.25, -0.2) is 4.85 Å². The van der Waals surface area contributed by atoms with E-state index in [0.717, 1.165) is 117 Å². The maximum absolute atomic E-state index is 15.2. The lowest BCUT2D eigenvalue weighted by Crippen LogP contribution is -2.08. The van der Waals surface area contributed by atoms with Crippen LogP contribution in [0.25, 0.3) is 127 Å². The number of hydrogen-bond acceptors (Lipinski definition) is 0. The van der Waals surface area contributed by atoms with Crippen molar-refractivity contribution in [1.82, 2.24) is 9.13 Å². The first-order chi connectivity index (χ1) is 38.3. The number of aryl methyl sites for hydroxylation is 5. The van der Waals surface area contributed by atoms with Crippen molar-refractivity contribution >= 4 is 49.3 Å². The van der Waals surface area contributed by atoms with Crippen LogP contribution in [0.2, 0.25) is 0 Å². The van der Waals surface area contributed by atoms with E-state index in [1.54, 1.807) is 13.0 Å². The molecule has 2 heterocycles. The van der Waals surface area contributed by atoms with E-state index < -0.39 is 11.7 Å². The van der Waals surface area contributed by atoms with Gasteiger partial charge in [0, 0.05) is 27.2 Å². The average molecular weight is 1030 g/mol. The number of hydrogen-bond donors (Lipinski definition) is 0. The number of benzene rings is 11. The molecule has 3 nitrogen and oxygen atoms in total. The second-order valence-corrected chi connectivity index (χ2v) is 21.1. The molecular weight excluding hydrogens is 976 g/mol. The summed E-state index contributed by atoms with van der Waals surface area (Å²) in [5.41, 5.74) is 20.7. The minimum Gasteiger partial charge on any atom is -0.309 e. The molecule has 6 heteroatoms. The summed E-state index contributed by atoms with van der Waals surface area (Å²) in [6, 6.07) is 76.3. The highest BCUT2D eigenvalue weighted by molar-refractivity contribution is 6.14. The van der Waals surface area contributed by atoms with Crippen LogP contribution in [0.4, 0.5) is 18.9 Å². The minimum atomic E-state index is -4.62. The zero-order valence-corrected chi connectivity index (χ0v) is 44.3. The number of alkyl halides is 3. The number of aromatic nitrogens is 2. The second kappa shape index (κ2) is 19.1. The maximum Gasteiger partial charge on any atom is 0.417 e. The van der Waals surface area contributed by atoms with E-state index in [-0.39, 0.29) is 5.56 Å². The van der Waals surface area contributed by atoms with Crippen LogP contribution in [0.5, 0.6) is 0 Å². The molecule has 13 rings (SSSR count). The number of rotatable bonds is 8. The lowest BCUT2D eigenvalue weighted by Gasteiger charge is -2.20. The summed E-state index contributed by atoms with van der Waals surface area (Å²) in [5, 5.41) is 4.19. The van der Waals surface area contributed by atoms with Gasteiger partial charge in [0.25, 0.3) is 0 Å². The molecule has 0 bridgehead atoms. The van der Waals surface area contributed by atoms with Gasteiger partial charge in [0.2, 0.25) is 0 Å². The standard InChI is InChI=1S/C73H52F3N3/c1-44-12-7-17-49(34-44)53-22-29-67-61(38-53)62-39-54(50-18-8-13-45(2)35-50)23-30-68(62)78(67)58-27-28-66(77-6)59(43-58)60-42-57(72-48(5)16-11-21-65(72)73(74,75)76)26-33-69(60)79-70-31-24-55(51-19-9-14-46(3)36-51)40-63(70)64-41-56(25-32-71(64)79)52-20-10-15-47(4)37-52/h7-43H,1-5H3. The van der Waals surface area contributed by atoms with Gasteiger partial charge in [0.1, 0.15) is 0 Å². The summed E-state index contributed by atoms with van der Waals surface area (Å²) in [6.45, 7) is 18.9. The van der Waals surface area contributed by atoms with E-state index in [4.69, 9.17) is 6.57 Å². The molecule has 0 spiro atoms. The molecule has 0 aliphatic rings. The molecule has 0 fully saturated rings. The quantitative estimate of drug-likeness (QED) is 0.135. The van der Waals surface area contributed by atoms with Crippen LogP contribution in [-0.2, 0) is 6.18 Å². The van der Waals surface area contributed by atoms with Gasteiger partial charge in [0.05, 0.1) is 39.9 Å². The van der Waals surface area contributed by atoms with E-state index in [1.165, 1.54) is 17.2 Å². The van der Waals surface area contributed by atoms with Crippen LogP contribution in [0.1, 0.15) is 33.4 Å². The topological polar surface area (TPSA) is 14.2 Å². The highest BCUT2D eigenvalue weighted by Crippen LogP contribution is 2.47. The van der Waals surface area contributed by atoms with Crippen LogP contribution >= 0.6 is 0 Å². The average Bonchev–Trinajstić information content (AvgIpc) is 4.00. The molecular formula is C73H52F3N3. The first-order valence-electron chi connectivity index (χ1n) is 26.6. The fraction of sp³-hybridized carbons (Fsp3) is 0.0822. The predicted molar refractivity (Wildman–Crippen MR) is 323 cm³/mol. The van der Waals surface area contributed by atoms with Crippen LogP contribution in [0, 0.1) is 41.2 Å². The molecule has 0 radical (unpaired) electrons. The maximum atomic E-state index is 15.2. The van der Waals surface area contributed by atoms with Gasteiger partial charge >= 0.3 is 6.18 Å². The Balaban J connectivity index is 1.10. The van der Waals surface area contributed by atoms with Gasteiger partial charge in [-0.15, -0.1) is 0 Å². The van der Waals surface area contributed by atoms with Gasteiger partial charge in [-0.1, -0.05) is 168 Å². The normalized spacial score (nSPS) is 11.8. The van der Waals surface area contributed by atoms with Crippen LogP contribution in [0.15, 0.2) is 224 Å². The van der Waals surface area contributed by atoms with Crippen LogP contribution in [0.3, 0.4) is 0 Å². The number of fused-ring (bicyclic) bond motifs is 6. The molecule has 0 amide bonds. The summed E-state index contributed by atoms with van der Waals surface area (Å²) >= 11 is 0. The third-order valence-electron chi connectivity index (χ3n) is 15.7. The van der Waals surface area contributed by atoms with Crippen molar-refractivity contribution in [2.75, 3.05) is 0 Å². The molecule has 0 atom stereocenters. The van der Waals surface area contributed by atoms with E-state index in [9.17, 15) is 0 Å². The predicted octanol–water partition coefficient (Wildman–Crippen LogP) is 21.0. The van der Waals surface area contributed by atoms with Crippen molar-refractivity contribution in [3.63, 3.8) is 0 Å². The zero-order chi connectivity index (χ0) is 54.3. The first-order valence-corrected chi connectivity index (χ1v) is 26.6. The highest BCUT2D eigenvalue weighted by Gasteiger charge is 2.34. The fourth-order valence-corrected chi connectivity index (χ4v) is 12.0. The Bertz CT molecular complexity index is 4470. The van der Waals surface area contributed by atoms with Crippen molar-refractivity contribution < 1.29 is 13.2 Å². The minimum absolute atomic E-state index is 0.104. The largest absolute Gasteiger partial charge is 0.417 e. The zero-order valence-electron chi connectivity index (χ0n) is 44.3. The van der Waals surface area contributed by atoms with Gasteiger partial charge in [-0.2, -0.15) is 13.2 Å². The summed E-state index contributed by atoms with van der Waals surface area (Å²) in [4.78, 5) is 4.18. The van der Waals surface area contributed by atoms with Crippen LogP contribution < -0.4 is 0 Å². The number of nitrogens with zero attached hydrogens (tertiary/aromatic N) is 3. The smallest absolute Gasteiger partial charge is 0.309 e. The van der Waals surface area contributed by atoms with Crippen molar-refractivity contribution in [2.24, 2.45) is 0 Å². The molecule has 0 saturated carbocycles. The third-order valence-corrected chi connectivity index (χ3v) is 15.7. The number of halogens is 3. The lowest BCUT2D eigenvalue weighted by atomic mass is 9.91. The van der Waals surface area contributed by atoms with E-state index in [1.807, 2.05) is 30.3 Å². The first kappa shape index (κ1) is 48.9. The molecule has 0 saturated heterocycles. The fourth-order valence-electron chi connectivity index (χ4n) is 12.0. The molecule has 13 aromatic rings. The van der Waals surface area contributed by atoms with Crippen molar-refractivity contribution in [3.8, 4) is 78.1 Å². The van der Waals surface area contributed by atoms with Crippen molar-refractivity contribution in [1.29, 1.82) is 0 Å². The summed E-state index contributed by atoms with van der Waals surface area (Å²) in [6.07, 6.45) is -4.62. The second-order valence-electron chi connectivity index (χ2n) is 21.1. The van der Waals surface area contributed by atoms with Gasteiger partial charge < -0.3 is 9.13 Å². The SMILES string of the molecule is [C-]#[N+]c1ccc(-n2c3ccc(-c4cccc(C)c4)cc3c3cc(-c4cccc(C)c4)ccc32)cc1-c1cc(-c2c(C)cccc2C(F)(F)F)ccc1-n1c2ccc(-c3cccc(C)c3)cc2c2cc(-c3cccc(C)c3)ccc21. The molecule has 0 aliphatic heterocycles. The van der Waals surface area contributed by atoms with Crippen molar-refractivity contribution in [3.05, 3.63) is 269 Å². The highest BCUT2D eigenvalue weighted by atomic mass is 19.4.